The Bertz CT molecular complexity index is 1490. The van der Waals surface area contributed by atoms with E-state index in [0.29, 0.717) is 11.4 Å². The van der Waals surface area contributed by atoms with E-state index in [1.165, 1.54) is 11.8 Å². The van der Waals surface area contributed by atoms with Crippen LogP contribution in [0.5, 0.6) is 5.88 Å². The van der Waals surface area contributed by atoms with Gasteiger partial charge in [0.1, 0.15) is 6.07 Å². The summed E-state index contributed by atoms with van der Waals surface area (Å²) in [5, 5.41) is 17.1. The van der Waals surface area contributed by atoms with Gasteiger partial charge in [0.15, 0.2) is 5.13 Å². The molecule has 5 rings (SSSR count). The molecule has 37 heavy (non-hydrogen) atoms. The van der Waals surface area contributed by atoms with Crippen molar-refractivity contribution in [1.82, 2.24) is 24.5 Å². The number of piperazine rings is 1. The molecule has 1 fully saturated rings. The maximum atomic E-state index is 9.67. The molecular formula is C26H27N9OS. The molecule has 0 amide bonds. The van der Waals surface area contributed by atoms with Crippen LogP contribution in [0.4, 0.5) is 5.13 Å². The number of aliphatic imine (C=N–C) groups is 1. The van der Waals surface area contributed by atoms with E-state index in [2.05, 4.69) is 37.0 Å². The van der Waals surface area contributed by atoms with Gasteiger partial charge in [-0.05, 0) is 11.6 Å². The van der Waals surface area contributed by atoms with Crippen molar-refractivity contribution in [2.75, 3.05) is 45.2 Å². The molecule has 1 aliphatic heterocycles. The molecule has 0 bridgehead atoms. The number of aromatic nitrogens is 4. The molecule has 1 saturated heterocycles. The van der Waals surface area contributed by atoms with E-state index in [0.717, 1.165) is 65.8 Å². The number of nitrogens with zero attached hydrogens (tertiary/aromatic N) is 8. The van der Waals surface area contributed by atoms with Crippen molar-refractivity contribution >= 4 is 33.8 Å². The fourth-order valence-electron chi connectivity index (χ4n) is 4.42. The van der Waals surface area contributed by atoms with E-state index in [-0.39, 0.29) is 0 Å². The summed E-state index contributed by atoms with van der Waals surface area (Å²) in [6, 6.07) is 8.20. The van der Waals surface area contributed by atoms with Crippen LogP contribution in [0.25, 0.3) is 22.3 Å². The Balaban J connectivity index is 1.36. The van der Waals surface area contributed by atoms with Crippen LogP contribution < -0.4 is 15.4 Å². The molecule has 2 N–H and O–H groups in total. The number of rotatable bonds is 7. The fourth-order valence-corrected chi connectivity index (χ4v) is 5.30. The highest BCUT2D eigenvalue weighted by atomic mass is 32.1. The minimum Gasteiger partial charge on any atom is -0.481 e. The number of fused-ring (bicyclic) bond motifs is 1. The van der Waals surface area contributed by atoms with Crippen LogP contribution in [0.1, 0.15) is 16.7 Å². The van der Waals surface area contributed by atoms with Crippen molar-refractivity contribution in [3.8, 4) is 23.2 Å². The number of hydrogen-bond acceptors (Lipinski definition) is 10. The zero-order chi connectivity index (χ0) is 25.8. The predicted molar refractivity (Wildman–Crippen MR) is 146 cm³/mol. The Morgan fingerprint density at radius 1 is 1.27 bits per heavy atom. The lowest BCUT2D eigenvalue weighted by atomic mass is 10.0. The summed E-state index contributed by atoms with van der Waals surface area (Å²) in [6.45, 7) is 4.49. The quantitative estimate of drug-likeness (QED) is 0.374. The first-order valence-corrected chi connectivity index (χ1v) is 12.7. The first-order chi connectivity index (χ1) is 18.1. The first kappa shape index (κ1) is 24.4. The molecule has 4 aromatic heterocycles. The third kappa shape index (κ3) is 5.02. The minimum absolute atomic E-state index is 0.500. The van der Waals surface area contributed by atoms with Crippen LogP contribution in [0.15, 0.2) is 53.4 Å². The summed E-state index contributed by atoms with van der Waals surface area (Å²) in [4.78, 5) is 18.1. The summed E-state index contributed by atoms with van der Waals surface area (Å²) in [6.07, 6.45) is 8.52. The molecule has 0 spiro atoms. The van der Waals surface area contributed by atoms with Gasteiger partial charge < -0.3 is 15.4 Å². The van der Waals surface area contributed by atoms with Crippen molar-refractivity contribution in [3.05, 3.63) is 65.1 Å². The third-order valence-corrected chi connectivity index (χ3v) is 7.24. The van der Waals surface area contributed by atoms with E-state index >= 15 is 0 Å². The highest BCUT2D eigenvalue weighted by molar-refractivity contribution is 7.14. The Kier molecular flexibility index (Phi) is 7.11. The second kappa shape index (κ2) is 10.8. The summed E-state index contributed by atoms with van der Waals surface area (Å²) >= 11 is 1.61. The van der Waals surface area contributed by atoms with Crippen LogP contribution in [-0.2, 0) is 6.54 Å². The molecular weight excluding hydrogens is 486 g/mol. The third-order valence-electron chi connectivity index (χ3n) is 6.34. The van der Waals surface area contributed by atoms with E-state index < -0.39 is 0 Å². The second-order valence-corrected chi connectivity index (χ2v) is 9.44. The Morgan fingerprint density at radius 2 is 2.11 bits per heavy atom. The number of nitriles is 1. The molecule has 0 saturated carbocycles. The van der Waals surface area contributed by atoms with Crippen LogP contribution in [0, 0.1) is 11.3 Å². The lowest BCUT2D eigenvalue weighted by molar-refractivity contribution is 0.249. The molecule has 1 aliphatic rings. The van der Waals surface area contributed by atoms with E-state index in [4.69, 9.17) is 15.5 Å². The summed E-state index contributed by atoms with van der Waals surface area (Å²) in [7, 11) is 3.32. The average Bonchev–Trinajstić information content (AvgIpc) is 3.60. The SMILES string of the molecule is CN=CC(=CN)c1cc(-c2csc(N3CCN(Cc4ccc(OC)nc4)CC3)n2)c2c(C#N)cnn2c1. The minimum atomic E-state index is 0.500. The maximum absolute atomic E-state index is 9.67. The normalized spacial score (nSPS) is 14.9. The zero-order valence-corrected chi connectivity index (χ0v) is 21.5. The first-order valence-electron chi connectivity index (χ1n) is 11.8. The monoisotopic (exact) mass is 513 g/mol. The number of anilines is 1. The largest absolute Gasteiger partial charge is 0.481 e. The van der Waals surface area contributed by atoms with Crippen molar-refractivity contribution < 1.29 is 4.74 Å². The van der Waals surface area contributed by atoms with Crippen molar-refractivity contribution in [2.45, 2.75) is 6.54 Å². The van der Waals surface area contributed by atoms with Gasteiger partial charge in [0, 0.05) is 92.7 Å². The van der Waals surface area contributed by atoms with Gasteiger partial charge in [0.2, 0.25) is 5.88 Å². The van der Waals surface area contributed by atoms with Gasteiger partial charge in [-0.15, -0.1) is 11.3 Å². The Morgan fingerprint density at radius 3 is 2.78 bits per heavy atom. The molecule has 5 heterocycles. The van der Waals surface area contributed by atoms with Crippen LogP contribution >= 0.6 is 11.3 Å². The van der Waals surface area contributed by atoms with Crippen molar-refractivity contribution in [2.24, 2.45) is 10.7 Å². The smallest absolute Gasteiger partial charge is 0.212 e. The van der Waals surface area contributed by atoms with Crippen LogP contribution in [-0.4, -0.2) is 71.0 Å². The molecule has 0 aliphatic carbocycles. The van der Waals surface area contributed by atoms with Gasteiger partial charge in [-0.25, -0.2) is 14.5 Å². The number of pyridine rings is 2. The van der Waals surface area contributed by atoms with Crippen LogP contribution in [0.3, 0.4) is 0 Å². The highest BCUT2D eigenvalue weighted by Crippen LogP contribution is 2.33. The molecule has 0 radical (unpaired) electrons. The molecule has 11 heteroatoms. The molecule has 4 aromatic rings. The molecule has 0 unspecified atom stereocenters. The molecule has 10 nitrogen and oxygen atoms in total. The van der Waals surface area contributed by atoms with E-state index in [1.807, 2.05) is 29.9 Å². The Hall–Kier alpha value is -4.27. The van der Waals surface area contributed by atoms with Gasteiger partial charge in [-0.2, -0.15) is 10.4 Å². The number of ether oxygens (including phenoxy) is 1. The van der Waals surface area contributed by atoms with Crippen molar-refractivity contribution in [1.29, 1.82) is 5.26 Å². The number of hydrogen-bond donors (Lipinski definition) is 1. The maximum Gasteiger partial charge on any atom is 0.212 e. The van der Waals surface area contributed by atoms with Gasteiger partial charge in [0.05, 0.1) is 30.1 Å². The molecule has 0 atom stereocenters. The van der Waals surface area contributed by atoms with Crippen LogP contribution in [0.2, 0.25) is 0 Å². The molecule has 188 valence electrons. The Labute approximate surface area is 219 Å². The van der Waals surface area contributed by atoms with Gasteiger partial charge in [-0.3, -0.25) is 9.89 Å². The van der Waals surface area contributed by atoms with Crippen molar-refractivity contribution in [3.63, 3.8) is 0 Å². The fraction of sp³-hybridized carbons (Fsp3) is 0.269. The summed E-state index contributed by atoms with van der Waals surface area (Å²) < 4.78 is 6.86. The van der Waals surface area contributed by atoms with E-state index in [9.17, 15) is 5.26 Å². The van der Waals surface area contributed by atoms with Gasteiger partial charge in [0.25, 0.3) is 0 Å². The van der Waals surface area contributed by atoms with Gasteiger partial charge in [-0.1, -0.05) is 6.07 Å². The topological polar surface area (TPSA) is 121 Å². The predicted octanol–water partition coefficient (Wildman–Crippen LogP) is 3.06. The number of allylic oxidation sites excluding steroid dienone is 1. The lowest BCUT2D eigenvalue weighted by Gasteiger charge is -2.34. The molecule has 0 aromatic carbocycles. The zero-order valence-electron chi connectivity index (χ0n) is 20.7. The van der Waals surface area contributed by atoms with E-state index in [1.54, 1.807) is 42.4 Å². The summed E-state index contributed by atoms with van der Waals surface area (Å²) in [5.41, 5.74) is 11.5. The standard InChI is InChI=1S/C26H27N9OS/c1-29-13-20(10-27)19-9-22(25-21(11-28)14-31-35(25)16-19)23-17-37-26(32-23)34-7-5-33(6-8-34)15-18-3-4-24(36-2)30-12-18/h3-4,9-10,12-14,16-17H,5-8,15,27H2,1-2H3. The number of thiazole rings is 1. The second-order valence-electron chi connectivity index (χ2n) is 8.60. The number of methoxy groups -OCH3 is 1. The summed E-state index contributed by atoms with van der Waals surface area (Å²) in [5.74, 6) is 0.627. The van der Waals surface area contributed by atoms with Gasteiger partial charge >= 0.3 is 0 Å². The lowest BCUT2D eigenvalue weighted by Crippen LogP contribution is -2.45. The number of nitrogens with two attached hydrogens (primary N) is 1. The highest BCUT2D eigenvalue weighted by Gasteiger charge is 2.22. The average molecular weight is 514 g/mol.